The maximum atomic E-state index is 14.9. The predicted molar refractivity (Wildman–Crippen MR) is 98.1 cm³/mol. The summed E-state index contributed by atoms with van der Waals surface area (Å²) < 4.78 is 14.9. The zero-order valence-electron chi connectivity index (χ0n) is 13.9. The Morgan fingerprint density at radius 3 is 2.77 bits per heavy atom. The van der Waals surface area contributed by atoms with E-state index in [1.807, 2.05) is 30.3 Å². The molecule has 4 rings (SSSR count). The Bertz CT molecular complexity index is 1080. The van der Waals surface area contributed by atoms with Crippen LogP contribution in [-0.2, 0) is 12.8 Å². The lowest BCUT2D eigenvalue weighted by Gasteiger charge is -2.14. The molecule has 0 atom stereocenters. The fraction of sp³-hybridized carbons (Fsp3) is 0.0909. The van der Waals surface area contributed by atoms with E-state index in [-0.39, 0.29) is 5.56 Å². The second-order valence-corrected chi connectivity index (χ2v) is 6.31. The number of carbonyl (C=O) groups excluding carboxylic acids is 1. The number of primary amides is 1. The summed E-state index contributed by atoms with van der Waals surface area (Å²) in [6, 6.07) is 12.6. The monoisotopic (exact) mass is 342 g/mol. The second kappa shape index (κ2) is 6.12. The third-order valence-corrected chi connectivity index (χ3v) is 4.76. The van der Waals surface area contributed by atoms with E-state index in [1.165, 1.54) is 6.07 Å². The molecule has 0 bridgehead atoms. The summed E-state index contributed by atoms with van der Waals surface area (Å²) in [6.45, 7) is 0. The van der Waals surface area contributed by atoms with Crippen molar-refractivity contribution in [2.45, 2.75) is 12.8 Å². The van der Waals surface area contributed by atoms with Gasteiger partial charge in [0.1, 0.15) is 11.5 Å². The molecule has 0 saturated carbocycles. The number of nitrogens with two attached hydrogens (primary N) is 1. The van der Waals surface area contributed by atoms with Crippen molar-refractivity contribution in [1.82, 2.24) is 4.98 Å². The van der Waals surface area contributed by atoms with E-state index in [4.69, 9.17) is 12.2 Å². The van der Waals surface area contributed by atoms with Gasteiger partial charge in [-0.05, 0) is 46.4 Å². The molecule has 126 valence electrons. The Hall–Kier alpha value is -3.45. The smallest absolute Gasteiger partial charge is 0.249 e. The molecule has 1 aliphatic rings. The Balaban J connectivity index is 1.89. The fourth-order valence-corrected chi connectivity index (χ4v) is 3.57. The first kappa shape index (κ1) is 16.0. The highest BCUT2D eigenvalue weighted by Gasteiger charge is 2.28. The van der Waals surface area contributed by atoms with Crippen LogP contribution in [0.3, 0.4) is 0 Å². The molecule has 26 heavy (non-hydrogen) atoms. The molecule has 1 aromatic heterocycles. The topological polar surface area (TPSA) is 56.0 Å². The van der Waals surface area contributed by atoms with Crippen LogP contribution in [0.15, 0.2) is 48.7 Å². The van der Waals surface area contributed by atoms with Crippen LogP contribution in [0.4, 0.5) is 4.39 Å². The molecule has 2 aromatic carbocycles. The summed E-state index contributed by atoms with van der Waals surface area (Å²) >= 11 is 0. The number of rotatable bonds is 3. The Morgan fingerprint density at radius 1 is 1.27 bits per heavy atom. The van der Waals surface area contributed by atoms with Crippen molar-refractivity contribution < 1.29 is 9.18 Å². The van der Waals surface area contributed by atoms with Crippen molar-refractivity contribution >= 4 is 5.91 Å². The minimum atomic E-state index is -0.612. The van der Waals surface area contributed by atoms with Crippen molar-refractivity contribution in [3.05, 3.63) is 88.0 Å². The molecular weight excluding hydrogens is 327 g/mol. The van der Waals surface area contributed by atoms with E-state index in [1.54, 1.807) is 12.3 Å². The minimum Gasteiger partial charge on any atom is -0.366 e. The van der Waals surface area contributed by atoms with Crippen LogP contribution in [0.25, 0.3) is 11.1 Å². The van der Waals surface area contributed by atoms with E-state index in [0.717, 1.165) is 27.8 Å². The standard InChI is InChI=1S/C22H15FN2O/c1-2-15-8-7-13(12-25-15)9-19-20(23)11-18(22(24)26)17-10-14-5-3-4-6-16(14)21(17)19/h1,3-8,11-12H,9-10H2,(H2,24,26). The summed E-state index contributed by atoms with van der Waals surface area (Å²) in [6.07, 6.45) is 7.92. The first-order chi connectivity index (χ1) is 12.6. The van der Waals surface area contributed by atoms with Gasteiger partial charge in [0.2, 0.25) is 5.91 Å². The molecule has 1 amide bonds. The van der Waals surface area contributed by atoms with Crippen molar-refractivity contribution in [2.24, 2.45) is 5.73 Å². The molecule has 0 aliphatic heterocycles. The van der Waals surface area contributed by atoms with Crippen LogP contribution in [-0.4, -0.2) is 10.9 Å². The molecule has 0 saturated heterocycles. The number of aromatic nitrogens is 1. The summed E-state index contributed by atoms with van der Waals surface area (Å²) in [5.74, 6) is 1.42. The lowest BCUT2D eigenvalue weighted by molar-refractivity contribution is 0.0999. The van der Waals surface area contributed by atoms with Gasteiger partial charge in [0.15, 0.2) is 0 Å². The lowest BCUT2D eigenvalue weighted by atomic mass is 9.91. The van der Waals surface area contributed by atoms with Crippen LogP contribution in [0.2, 0.25) is 0 Å². The molecule has 0 unspecified atom stereocenters. The van der Waals surface area contributed by atoms with E-state index < -0.39 is 11.7 Å². The van der Waals surface area contributed by atoms with Crippen molar-refractivity contribution in [3.8, 4) is 23.5 Å². The number of carbonyl (C=O) groups is 1. The molecule has 2 N–H and O–H groups in total. The van der Waals surface area contributed by atoms with Crippen molar-refractivity contribution in [1.29, 1.82) is 0 Å². The first-order valence-electron chi connectivity index (χ1n) is 8.22. The van der Waals surface area contributed by atoms with Gasteiger partial charge in [0.05, 0.1) is 0 Å². The van der Waals surface area contributed by atoms with E-state index in [9.17, 15) is 9.18 Å². The first-order valence-corrected chi connectivity index (χ1v) is 8.22. The summed E-state index contributed by atoms with van der Waals surface area (Å²) in [4.78, 5) is 16.0. The average molecular weight is 342 g/mol. The maximum Gasteiger partial charge on any atom is 0.249 e. The predicted octanol–water partition coefficient (Wildman–Crippen LogP) is 3.46. The van der Waals surface area contributed by atoms with E-state index >= 15 is 0 Å². The molecule has 0 spiro atoms. The van der Waals surface area contributed by atoms with Gasteiger partial charge in [-0.2, -0.15) is 0 Å². The number of nitrogens with zero attached hydrogens (tertiary/aromatic N) is 1. The molecule has 0 fully saturated rings. The molecule has 1 heterocycles. The Morgan fingerprint density at radius 2 is 2.08 bits per heavy atom. The van der Waals surface area contributed by atoms with Gasteiger partial charge in [0.25, 0.3) is 0 Å². The zero-order chi connectivity index (χ0) is 18.3. The normalized spacial score (nSPS) is 11.5. The van der Waals surface area contributed by atoms with Gasteiger partial charge < -0.3 is 5.73 Å². The number of amides is 1. The number of hydrogen-bond donors (Lipinski definition) is 1. The van der Waals surface area contributed by atoms with Crippen LogP contribution >= 0.6 is 0 Å². The number of terminal acetylenes is 1. The third-order valence-electron chi connectivity index (χ3n) is 4.76. The molecule has 4 heteroatoms. The van der Waals surface area contributed by atoms with Crippen LogP contribution in [0.5, 0.6) is 0 Å². The number of benzene rings is 2. The van der Waals surface area contributed by atoms with Crippen LogP contribution in [0.1, 0.15) is 38.3 Å². The van der Waals surface area contributed by atoms with Gasteiger partial charge in [-0.15, -0.1) is 6.42 Å². The van der Waals surface area contributed by atoms with Crippen LogP contribution < -0.4 is 5.73 Å². The molecule has 3 aromatic rings. The lowest BCUT2D eigenvalue weighted by Crippen LogP contribution is -2.15. The van der Waals surface area contributed by atoms with Gasteiger partial charge in [-0.3, -0.25) is 4.79 Å². The number of hydrogen-bond acceptors (Lipinski definition) is 2. The quantitative estimate of drug-likeness (QED) is 0.580. The highest BCUT2D eigenvalue weighted by molar-refractivity contribution is 5.98. The molecule has 3 nitrogen and oxygen atoms in total. The minimum absolute atomic E-state index is 0.248. The van der Waals surface area contributed by atoms with Gasteiger partial charge >= 0.3 is 0 Å². The highest BCUT2D eigenvalue weighted by atomic mass is 19.1. The molecule has 1 aliphatic carbocycles. The molecular formula is C22H15FN2O. The van der Waals surface area contributed by atoms with Crippen molar-refractivity contribution in [3.63, 3.8) is 0 Å². The van der Waals surface area contributed by atoms with E-state index in [2.05, 4.69) is 10.9 Å². The van der Waals surface area contributed by atoms with Crippen molar-refractivity contribution in [2.75, 3.05) is 0 Å². The number of fused-ring (bicyclic) bond motifs is 3. The highest BCUT2D eigenvalue weighted by Crippen LogP contribution is 2.42. The summed E-state index contributed by atoms with van der Waals surface area (Å²) in [5.41, 5.74) is 11.3. The van der Waals surface area contributed by atoms with Gasteiger partial charge in [-0.25, -0.2) is 9.37 Å². The summed E-state index contributed by atoms with van der Waals surface area (Å²) in [7, 11) is 0. The largest absolute Gasteiger partial charge is 0.366 e. The molecule has 0 radical (unpaired) electrons. The zero-order valence-corrected chi connectivity index (χ0v) is 13.9. The fourth-order valence-electron chi connectivity index (χ4n) is 3.57. The maximum absolute atomic E-state index is 14.9. The van der Waals surface area contributed by atoms with E-state index in [0.29, 0.717) is 24.1 Å². The van der Waals surface area contributed by atoms with Gasteiger partial charge in [-0.1, -0.05) is 36.3 Å². The van der Waals surface area contributed by atoms with Gasteiger partial charge in [0, 0.05) is 23.7 Å². The second-order valence-electron chi connectivity index (χ2n) is 6.31. The Kier molecular flexibility index (Phi) is 3.78. The van der Waals surface area contributed by atoms with Crippen LogP contribution in [0, 0.1) is 18.2 Å². The Labute approximate surface area is 150 Å². The average Bonchev–Trinajstić information content (AvgIpc) is 3.03. The summed E-state index contributed by atoms with van der Waals surface area (Å²) in [5, 5.41) is 0. The SMILES string of the molecule is C#Cc1ccc(Cc2c(F)cc(C(N)=O)c3c2-c2ccccc2C3)cn1. The number of pyridine rings is 1. The third kappa shape index (κ3) is 2.55. The number of halogens is 1.